The third-order valence-corrected chi connectivity index (χ3v) is 5.62. The first-order chi connectivity index (χ1) is 10.8. The average molecular weight is 360 g/mol. The number of nitrogens with one attached hydrogen (secondary N) is 2. The molecule has 1 saturated heterocycles. The molecular formula is C15H22ClN3O3S. The third kappa shape index (κ3) is 5.09. The fourth-order valence-electron chi connectivity index (χ4n) is 2.66. The number of piperidine rings is 1. The molecule has 2 rings (SSSR count). The number of rotatable bonds is 4. The van der Waals surface area contributed by atoms with E-state index in [0.29, 0.717) is 31.0 Å². The smallest absolute Gasteiger partial charge is 0.315 e. The summed E-state index contributed by atoms with van der Waals surface area (Å²) in [5, 5.41) is 6.37. The molecule has 1 heterocycles. The fourth-order valence-corrected chi connectivity index (χ4v) is 3.83. The van der Waals surface area contributed by atoms with E-state index >= 15 is 0 Å². The van der Waals surface area contributed by atoms with Crippen molar-refractivity contribution >= 4 is 27.7 Å². The van der Waals surface area contributed by atoms with Gasteiger partial charge in [-0.3, -0.25) is 0 Å². The quantitative estimate of drug-likeness (QED) is 0.864. The number of halogens is 1. The Kier molecular flexibility index (Phi) is 5.89. The lowest BCUT2D eigenvalue weighted by Crippen LogP contribution is -2.49. The van der Waals surface area contributed by atoms with E-state index in [1.807, 2.05) is 25.1 Å². The predicted molar refractivity (Wildman–Crippen MR) is 91.0 cm³/mol. The molecule has 0 unspecified atom stereocenters. The van der Waals surface area contributed by atoms with Gasteiger partial charge in [0.1, 0.15) is 0 Å². The van der Waals surface area contributed by atoms with Crippen molar-refractivity contribution in [1.29, 1.82) is 0 Å². The molecule has 0 saturated carbocycles. The Morgan fingerprint density at radius 3 is 2.48 bits per heavy atom. The summed E-state index contributed by atoms with van der Waals surface area (Å²) < 4.78 is 24.4. The monoisotopic (exact) mass is 359 g/mol. The van der Waals surface area contributed by atoms with Gasteiger partial charge in [-0.2, -0.15) is 0 Å². The molecule has 0 aromatic heterocycles. The summed E-state index contributed by atoms with van der Waals surface area (Å²) in [5.74, 6) is 0. The second kappa shape index (κ2) is 7.51. The minimum atomic E-state index is -3.15. The first-order valence-electron chi connectivity index (χ1n) is 7.54. The van der Waals surface area contributed by atoms with E-state index in [2.05, 4.69) is 10.6 Å². The number of carbonyl (C=O) groups is 1. The summed E-state index contributed by atoms with van der Waals surface area (Å²) in [5.41, 5.74) is 0.858. The van der Waals surface area contributed by atoms with Crippen LogP contribution in [-0.4, -0.2) is 44.1 Å². The van der Waals surface area contributed by atoms with Gasteiger partial charge in [0.25, 0.3) is 0 Å². The first kappa shape index (κ1) is 18.0. The zero-order chi connectivity index (χ0) is 17.0. The summed E-state index contributed by atoms with van der Waals surface area (Å²) >= 11 is 6.12. The minimum Gasteiger partial charge on any atom is -0.335 e. The second-order valence-electron chi connectivity index (χ2n) is 5.80. The highest BCUT2D eigenvalue weighted by Gasteiger charge is 2.26. The molecular weight excluding hydrogens is 338 g/mol. The van der Waals surface area contributed by atoms with Crippen LogP contribution < -0.4 is 10.6 Å². The molecule has 0 aliphatic carbocycles. The number of sulfonamides is 1. The molecule has 2 amide bonds. The number of hydrogen-bond acceptors (Lipinski definition) is 3. The SMILES string of the molecule is C[C@H](NC(=O)NC1CCN(S(C)(=O)=O)CC1)c1ccccc1Cl. The summed E-state index contributed by atoms with van der Waals surface area (Å²) in [6, 6.07) is 6.87. The molecule has 1 aliphatic heterocycles. The summed E-state index contributed by atoms with van der Waals surface area (Å²) in [4.78, 5) is 12.1. The molecule has 1 aromatic carbocycles. The van der Waals surface area contributed by atoms with Crippen molar-refractivity contribution in [3.63, 3.8) is 0 Å². The Morgan fingerprint density at radius 2 is 1.91 bits per heavy atom. The lowest BCUT2D eigenvalue weighted by Gasteiger charge is -2.31. The molecule has 128 valence electrons. The number of benzene rings is 1. The van der Waals surface area contributed by atoms with E-state index in [1.165, 1.54) is 10.6 Å². The van der Waals surface area contributed by atoms with Crippen molar-refractivity contribution in [2.75, 3.05) is 19.3 Å². The molecule has 2 N–H and O–H groups in total. The zero-order valence-electron chi connectivity index (χ0n) is 13.3. The van der Waals surface area contributed by atoms with Crippen molar-refractivity contribution in [2.24, 2.45) is 0 Å². The number of nitrogens with zero attached hydrogens (tertiary/aromatic N) is 1. The number of hydrogen-bond donors (Lipinski definition) is 2. The highest BCUT2D eigenvalue weighted by Crippen LogP contribution is 2.22. The molecule has 8 heteroatoms. The predicted octanol–water partition coefficient (Wildman–Crippen LogP) is 2.12. The molecule has 1 fully saturated rings. The summed E-state index contributed by atoms with van der Waals surface area (Å²) in [7, 11) is -3.15. The summed E-state index contributed by atoms with van der Waals surface area (Å²) in [6.07, 6.45) is 2.43. The van der Waals surface area contributed by atoms with Crippen molar-refractivity contribution in [3.8, 4) is 0 Å². The van der Waals surface area contributed by atoms with Gasteiger partial charge in [0.2, 0.25) is 10.0 Å². The number of urea groups is 1. The highest BCUT2D eigenvalue weighted by atomic mass is 35.5. The minimum absolute atomic E-state index is 0.0218. The van der Waals surface area contributed by atoms with Crippen LogP contribution >= 0.6 is 11.6 Å². The Morgan fingerprint density at radius 1 is 1.30 bits per heavy atom. The Balaban J connectivity index is 1.83. The van der Waals surface area contributed by atoms with E-state index in [1.54, 1.807) is 6.07 Å². The van der Waals surface area contributed by atoms with Gasteiger partial charge in [0.15, 0.2) is 0 Å². The van der Waals surface area contributed by atoms with Crippen LogP contribution in [0.5, 0.6) is 0 Å². The standard InChI is InChI=1S/C15H22ClN3O3S/c1-11(13-5-3-4-6-14(13)16)17-15(20)18-12-7-9-19(10-8-12)23(2,21)22/h3-6,11-12H,7-10H2,1-2H3,(H2,17,18,20)/t11-/m0/s1. The van der Waals surface area contributed by atoms with Gasteiger partial charge >= 0.3 is 6.03 Å². The lowest BCUT2D eigenvalue weighted by atomic mass is 10.1. The van der Waals surface area contributed by atoms with Gasteiger partial charge in [-0.05, 0) is 31.4 Å². The Bertz CT molecular complexity index is 658. The molecule has 6 nitrogen and oxygen atoms in total. The van der Waals surface area contributed by atoms with Crippen LogP contribution in [0.25, 0.3) is 0 Å². The van der Waals surface area contributed by atoms with Crippen LogP contribution in [0.1, 0.15) is 31.4 Å². The van der Waals surface area contributed by atoms with E-state index in [0.717, 1.165) is 5.56 Å². The molecule has 0 radical (unpaired) electrons. The average Bonchev–Trinajstić information content (AvgIpc) is 2.47. The van der Waals surface area contributed by atoms with Gasteiger partial charge < -0.3 is 10.6 Å². The van der Waals surface area contributed by atoms with Crippen LogP contribution in [0, 0.1) is 0 Å². The van der Waals surface area contributed by atoms with Crippen molar-refractivity contribution in [2.45, 2.75) is 31.8 Å². The van der Waals surface area contributed by atoms with Gasteiger partial charge in [-0.25, -0.2) is 17.5 Å². The maximum atomic E-state index is 12.1. The van der Waals surface area contributed by atoms with Crippen molar-refractivity contribution in [3.05, 3.63) is 34.9 Å². The van der Waals surface area contributed by atoms with Crippen LogP contribution in [0.2, 0.25) is 5.02 Å². The second-order valence-corrected chi connectivity index (χ2v) is 8.19. The maximum Gasteiger partial charge on any atom is 0.315 e. The van der Waals surface area contributed by atoms with E-state index in [4.69, 9.17) is 11.6 Å². The highest BCUT2D eigenvalue weighted by molar-refractivity contribution is 7.88. The third-order valence-electron chi connectivity index (χ3n) is 3.98. The number of carbonyl (C=O) groups excluding carboxylic acids is 1. The van der Waals surface area contributed by atoms with Crippen LogP contribution in [0.4, 0.5) is 4.79 Å². The normalized spacial score (nSPS) is 18.4. The molecule has 1 atom stereocenters. The molecule has 1 aliphatic rings. The van der Waals surface area contributed by atoms with Crippen LogP contribution in [0.15, 0.2) is 24.3 Å². The largest absolute Gasteiger partial charge is 0.335 e. The van der Waals surface area contributed by atoms with E-state index < -0.39 is 10.0 Å². The first-order valence-corrected chi connectivity index (χ1v) is 9.76. The zero-order valence-corrected chi connectivity index (χ0v) is 14.8. The summed E-state index contributed by atoms with van der Waals surface area (Å²) in [6.45, 7) is 2.74. The molecule has 0 spiro atoms. The van der Waals surface area contributed by atoms with Crippen molar-refractivity contribution < 1.29 is 13.2 Å². The fraction of sp³-hybridized carbons (Fsp3) is 0.533. The van der Waals surface area contributed by atoms with Gasteiger partial charge in [-0.15, -0.1) is 0 Å². The van der Waals surface area contributed by atoms with Gasteiger partial charge in [0, 0.05) is 24.2 Å². The van der Waals surface area contributed by atoms with Crippen molar-refractivity contribution in [1.82, 2.24) is 14.9 Å². The van der Waals surface area contributed by atoms with Gasteiger partial charge in [0.05, 0.1) is 12.3 Å². The molecule has 1 aromatic rings. The van der Waals surface area contributed by atoms with Crippen LogP contribution in [-0.2, 0) is 10.0 Å². The molecule has 0 bridgehead atoms. The van der Waals surface area contributed by atoms with Crippen LogP contribution in [0.3, 0.4) is 0 Å². The Labute approximate surface area is 142 Å². The molecule has 23 heavy (non-hydrogen) atoms. The van der Waals surface area contributed by atoms with Gasteiger partial charge in [-0.1, -0.05) is 29.8 Å². The lowest BCUT2D eigenvalue weighted by molar-refractivity contribution is 0.225. The van der Waals surface area contributed by atoms with E-state index in [-0.39, 0.29) is 18.1 Å². The topological polar surface area (TPSA) is 78.5 Å². The Hall–Kier alpha value is -1.31. The maximum absolute atomic E-state index is 12.1. The van der Waals surface area contributed by atoms with E-state index in [9.17, 15) is 13.2 Å². The number of amides is 2.